The summed E-state index contributed by atoms with van der Waals surface area (Å²) in [7, 11) is 0. The minimum absolute atomic E-state index is 0.377. The van der Waals surface area contributed by atoms with Gasteiger partial charge in [0.2, 0.25) is 0 Å². The third kappa shape index (κ3) is 7.75. The lowest BCUT2D eigenvalue weighted by Crippen LogP contribution is -2.25. The maximum atomic E-state index is 12.9. The zero-order valence-electron chi connectivity index (χ0n) is 21.6. The summed E-state index contributed by atoms with van der Waals surface area (Å²) in [6.07, 6.45) is 16.9. The van der Waals surface area contributed by atoms with Gasteiger partial charge < -0.3 is 5.32 Å². The van der Waals surface area contributed by atoms with Gasteiger partial charge in [-0.3, -0.25) is 9.79 Å². The van der Waals surface area contributed by atoms with E-state index in [1.54, 1.807) is 0 Å². The quantitative estimate of drug-likeness (QED) is 0.350. The smallest absolute Gasteiger partial charge is 0.135 e. The van der Waals surface area contributed by atoms with Crippen molar-refractivity contribution in [2.45, 2.75) is 103 Å². The number of benzene rings is 1. The Labute approximate surface area is 212 Å². The average Bonchev–Trinajstić information content (AvgIpc) is 3.11. The van der Waals surface area contributed by atoms with Crippen molar-refractivity contribution in [1.29, 1.82) is 0 Å². The van der Waals surface area contributed by atoms with E-state index in [1.807, 2.05) is 6.20 Å². The van der Waals surface area contributed by atoms with E-state index >= 15 is 0 Å². The van der Waals surface area contributed by atoms with Gasteiger partial charge in [-0.15, -0.1) is 0 Å². The van der Waals surface area contributed by atoms with E-state index in [4.69, 9.17) is 9.98 Å². The van der Waals surface area contributed by atoms with Crippen molar-refractivity contribution < 1.29 is 4.79 Å². The van der Waals surface area contributed by atoms with Gasteiger partial charge in [0.05, 0.1) is 0 Å². The van der Waals surface area contributed by atoms with E-state index in [0.717, 1.165) is 63.0 Å². The highest BCUT2D eigenvalue weighted by atomic mass is 16.1. The number of hydrogen-bond acceptors (Lipinski definition) is 4. The SMILES string of the molecule is CCC(CCC(=O)CCC1=NCCCc2ccnc(NC3CCCCC3)c21)CCc1ccccc1. The maximum Gasteiger partial charge on any atom is 0.135 e. The van der Waals surface area contributed by atoms with Crippen LogP contribution in [0.1, 0.15) is 101 Å². The molecule has 1 aliphatic heterocycles. The highest BCUT2D eigenvalue weighted by Gasteiger charge is 2.22. The van der Waals surface area contributed by atoms with E-state index in [0.29, 0.717) is 30.6 Å². The van der Waals surface area contributed by atoms with E-state index in [1.165, 1.54) is 48.8 Å². The normalized spacial score (nSPS) is 17.2. The third-order valence-electron chi connectivity index (χ3n) is 7.91. The minimum atomic E-state index is 0.377. The van der Waals surface area contributed by atoms with Crippen LogP contribution >= 0.6 is 0 Å². The molecule has 1 aliphatic carbocycles. The fourth-order valence-electron chi connectivity index (χ4n) is 5.66. The molecule has 4 rings (SSSR count). The molecule has 4 nitrogen and oxygen atoms in total. The van der Waals surface area contributed by atoms with E-state index in [2.05, 4.69) is 48.6 Å². The number of nitrogens with zero attached hydrogens (tertiary/aromatic N) is 2. The molecule has 0 amide bonds. The molecule has 1 N–H and O–H groups in total. The summed E-state index contributed by atoms with van der Waals surface area (Å²) in [5.74, 6) is 1.99. The fourth-order valence-corrected chi connectivity index (χ4v) is 5.66. The van der Waals surface area contributed by atoms with Gasteiger partial charge in [0.1, 0.15) is 11.6 Å². The van der Waals surface area contributed by atoms with Gasteiger partial charge in [-0.05, 0) is 74.5 Å². The molecule has 2 heterocycles. The lowest BCUT2D eigenvalue weighted by molar-refractivity contribution is -0.119. The van der Waals surface area contributed by atoms with Gasteiger partial charge in [0.25, 0.3) is 0 Å². The number of carbonyl (C=O) groups excluding carboxylic acids is 1. The molecule has 1 aromatic heterocycles. The zero-order valence-corrected chi connectivity index (χ0v) is 21.6. The van der Waals surface area contributed by atoms with Gasteiger partial charge in [-0.1, -0.05) is 62.9 Å². The Balaban J connectivity index is 1.32. The average molecular weight is 474 g/mol. The Morgan fingerprint density at radius 3 is 2.63 bits per heavy atom. The molecule has 2 aliphatic rings. The predicted molar refractivity (Wildman–Crippen MR) is 146 cm³/mol. The van der Waals surface area contributed by atoms with E-state index in [-0.39, 0.29) is 0 Å². The number of rotatable bonds is 12. The van der Waals surface area contributed by atoms with Crippen molar-refractivity contribution in [3.05, 3.63) is 59.3 Å². The van der Waals surface area contributed by atoms with Crippen LogP contribution in [-0.2, 0) is 17.6 Å². The summed E-state index contributed by atoms with van der Waals surface area (Å²) in [4.78, 5) is 22.6. The van der Waals surface area contributed by atoms with Crippen molar-refractivity contribution in [1.82, 2.24) is 4.98 Å². The molecule has 0 saturated heterocycles. The molecule has 1 fully saturated rings. The molecule has 0 spiro atoms. The monoisotopic (exact) mass is 473 g/mol. The Hall–Kier alpha value is -2.49. The summed E-state index contributed by atoms with van der Waals surface area (Å²) in [6.45, 7) is 3.10. The Bertz CT molecular complexity index is 962. The molecular weight excluding hydrogens is 430 g/mol. The van der Waals surface area contributed by atoms with E-state index < -0.39 is 0 Å². The zero-order chi connectivity index (χ0) is 24.3. The number of nitrogens with one attached hydrogen (secondary N) is 1. The molecule has 35 heavy (non-hydrogen) atoms. The first-order valence-electron chi connectivity index (χ1n) is 14.1. The molecule has 1 atom stereocenters. The molecule has 1 saturated carbocycles. The summed E-state index contributed by atoms with van der Waals surface area (Å²) in [6, 6.07) is 13.4. The predicted octanol–water partition coefficient (Wildman–Crippen LogP) is 7.35. The number of ketones is 1. The number of hydrogen-bond donors (Lipinski definition) is 1. The molecule has 188 valence electrons. The van der Waals surface area contributed by atoms with Crippen LogP contribution in [0.25, 0.3) is 0 Å². The fraction of sp³-hybridized carbons (Fsp3) is 0.581. The van der Waals surface area contributed by atoms with Gasteiger partial charge >= 0.3 is 0 Å². The molecule has 0 bridgehead atoms. The lowest BCUT2D eigenvalue weighted by Gasteiger charge is -2.25. The van der Waals surface area contributed by atoms with Crippen LogP contribution < -0.4 is 5.32 Å². The van der Waals surface area contributed by atoms with E-state index in [9.17, 15) is 4.79 Å². The first kappa shape index (κ1) is 25.6. The number of carbonyl (C=O) groups is 1. The third-order valence-corrected chi connectivity index (χ3v) is 7.91. The molecule has 0 radical (unpaired) electrons. The minimum Gasteiger partial charge on any atom is -0.367 e. The number of aryl methyl sites for hydroxylation is 2. The Kier molecular flexibility index (Phi) is 9.92. The number of Topliss-reactive ketones (excluding diaryl/α,β-unsaturated/α-hetero) is 1. The van der Waals surface area contributed by atoms with Crippen LogP contribution in [0.15, 0.2) is 47.6 Å². The first-order valence-corrected chi connectivity index (χ1v) is 14.1. The molecule has 1 unspecified atom stereocenters. The van der Waals surface area contributed by atoms with Crippen molar-refractivity contribution in [2.75, 3.05) is 11.9 Å². The van der Waals surface area contributed by atoms with Crippen LogP contribution in [0.5, 0.6) is 0 Å². The van der Waals surface area contributed by atoms with Crippen molar-refractivity contribution in [3.63, 3.8) is 0 Å². The number of anilines is 1. The van der Waals surface area contributed by atoms with Crippen LogP contribution in [0.3, 0.4) is 0 Å². The molecular formula is C31H43N3O. The second-order valence-electron chi connectivity index (χ2n) is 10.5. The first-order chi connectivity index (χ1) is 17.2. The highest BCUT2D eigenvalue weighted by molar-refractivity contribution is 6.07. The summed E-state index contributed by atoms with van der Waals surface area (Å²) in [5.41, 5.74) is 5.02. The lowest BCUT2D eigenvalue weighted by atomic mass is 9.91. The molecule has 4 heteroatoms. The van der Waals surface area contributed by atoms with Gasteiger partial charge in [-0.2, -0.15) is 0 Å². The highest BCUT2D eigenvalue weighted by Crippen LogP contribution is 2.28. The maximum absolute atomic E-state index is 12.9. The topological polar surface area (TPSA) is 54.4 Å². The van der Waals surface area contributed by atoms with Crippen molar-refractivity contribution in [2.24, 2.45) is 10.9 Å². The van der Waals surface area contributed by atoms with Gasteiger partial charge in [-0.25, -0.2) is 4.98 Å². The number of pyridine rings is 1. The van der Waals surface area contributed by atoms with Crippen LogP contribution in [0.2, 0.25) is 0 Å². The summed E-state index contributed by atoms with van der Waals surface area (Å²) in [5, 5.41) is 3.75. The second kappa shape index (κ2) is 13.6. The Morgan fingerprint density at radius 1 is 1.00 bits per heavy atom. The van der Waals surface area contributed by atoms with Gasteiger partial charge in [0, 0.05) is 42.9 Å². The number of aromatic nitrogens is 1. The Morgan fingerprint density at radius 2 is 1.83 bits per heavy atom. The summed E-state index contributed by atoms with van der Waals surface area (Å²) < 4.78 is 0. The molecule has 1 aromatic carbocycles. The molecule has 2 aromatic rings. The number of aliphatic imine (C=N–C) groups is 1. The van der Waals surface area contributed by atoms with Crippen molar-refractivity contribution in [3.8, 4) is 0 Å². The standard InChI is InChI=1S/C31H43N3O/c1-2-24(15-16-25-10-5-3-6-11-25)17-18-28(35)19-20-29-30-26(12-9-22-32-29)21-23-33-31(30)34-27-13-7-4-8-14-27/h3,5-6,10-11,21,23-24,27H,2,4,7-9,12-20,22H2,1H3,(H,33,34). The largest absolute Gasteiger partial charge is 0.367 e. The summed E-state index contributed by atoms with van der Waals surface area (Å²) >= 11 is 0. The van der Waals surface area contributed by atoms with Crippen LogP contribution in [-0.4, -0.2) is 29.1 Å². The van der Waals surface area contributed by atoms with Crippen LogP contribution in [0, 0.1) is 5.92 Å². The second-order valence-corrected chi connectivity index (χ2v) is 10.5. The number of fused-ring (bicyclic) bond motifs is 1. The van der Waals surface area contributed by atoms with Crippen LogP contribution in [0.4, 0.5) is 5.82 Å². The van der Waals surface area contributed by atoms with Gasteiger partial charge in [0.15, 0.2) is 0 Å². The van der Waals surface area contributed by atoms with Crippen molar-refractivity contribution >= 4 is 17.3 Å².